The van der Waals surface area contributed by atoms with Gasteiger partial charge in [0, 0.05) is 25.6 Å². The second kappa shape index (κ2) is 9.12. The highest BCUT2D eigenvalue weighted by Crippen LogP contribution is 2.35. The fourth-order valence-electron chi connectivity index (χ4n) is 4.03. The largest absolute Gasteiger partial charge is 0.373 e. The molecule has 2 atom stereocenters. The molecule has 1 aliphatic heterocycles. The van der Waals surface area contributed by atoms with Crippen LogP contribution in [0, 0.1) is 5.92 Å². The number of hydrogen-bond acceptors (Lipinski definition) is 4. The Kier molecular flexibility index (Phi) is 6.35. The van der Waals surface area contributed by atoms with E-state index in [0.29, 0.717) is 17.9 Å². The number of amides is 1. The third-order valence-electron chi connectivity index (χ3n) is 5.65. The van der Waals surface area contributed by atoms with Crippen LogP contribution in [0.4, 0.5) is 0 Å². The zero-order chi connectivity index (χ0) is 19.3. The van der Waals surface area contributed by atoms with Gasteiger partial charge >= 0.3 is 0 Å². The summed E-state index contributed by atoms with van der Waals surface area (Å²) in [4.78, 5) is 15.0. The standard InChI is InChI=1S/C23H28N2O2S/c1-27-16-28-24-21-12-13-25(23(26)19-10-11-19)22(21)15-17-6-5-9-20(14-17)18-7-3-2-4-8-18/h2-9,14,19,21-22,24H,10-13,15-16H2,1H3. The molecule has 5 heteroatoms. The Bertz CT molecular complexity index is 794. The van der Waals surface area contributed by atoms with Crippen LogP contribution in [0.15, 0.2) is 54.6 Å². The van der Waals surface area contributed by atoms with Gasteiger partial charge in [-0.2, -0.15) is 0 Å². The monoisotopic (exact) mass is 396 g/mol. The summed E-state index contributed by atoms with van der Waals surface area (Å²) in [5, 5.41) is 0. The molecule has 4 rings (SSSR count). The number of benzene rings is 2. The number of rotatable bonds is 8. The third kappa shape index (κ3) is 4.59. The van der Waals surface area contributed by atoms with Gasteiger partial charge in [-0.15, -0.1) is 0 Å². The average Bonchev–Trinajstić information content (AvgIpc) is 3.51. The Hall–Kier alpha value is -1.82. The van der Waals surface area contributed by atoms with Crippen molar-refractivity contribution in [3.8, 4) is 11.1 Å². The van der Waals surface area contributed by atoms with Crippen molar-refractivity contribution < 1.29 is 9.53 Å². The fourth-order valence-corrected chi connectivity index (χ4v) is 4.71. The van der Waals surface area contributed by atoms with Gasteiger partial charge in [0.25, 0.3) is 0 Å². The Balaban J connectivity index is 1.52. The van der Waals surface area contributed by atoms with E-state index >= 15 is 0 Å². The number of ether oxygens (including phenoxy) is 1. The van der Waals surface area contributed by atoms with Gasteiger partial charge in [0.1, 0.15) is 5.94 Å². The molecule has 0 spiro atoms. The van der Waals surface area contributed by atoms with Crippen LogP contribution in [0.1, 0.15) is 24.8 Å². The second-order valence-electron chi connectivity index (χ2n) is 7.71. The summed E-state index contributed by atoms with van der Waals surface area (Å²) in [6, 6.07) is 19.7. The topological polar surface area (TPSA) is 41.6 Å². The first kappa shape index (κ1) is 19.5. The molecular weight excluding hydrogens is 368 g/mol. The number of likely N-dealkylation sites (tertiary alicyclic amines) is 1. The summed E-state index contributed by atoms with van der Waals surface area (Å²) in [7, 11) is 1.71. The number of nitrogens with zero attached hydrogens (tertiary/aromatic N) is 1. The minimum Gasteiger partial charge on any atom is -0.373 e. The van der Waals surface area contributed by atoms with Crippen LogP contribution < -0.4 is 4.72 Å². The molecule has 4 nitrogen and oxygen atoms in total. The fraction of sp³-hybridized carbons (Fsp3) is 0.435. The third-order valence-corrected chi connectivity index (χ3v) is 6.47. The molecule has 2 unspecified atom stereocenters. The lowest BCUT2D eigenvalue weighted by Crippen LogP contribution is -2.45. The Morgan fingerprint density at radius 1 is 1.11 bits per heavy atom. The van der Waals surface area contributed by atoms with E-state index in [4.69, 9.17) is 4.74 Å². The molecule has 1 aliphatic carbocycles. The van der Waals surface area contributed by atoms with E-state index in [1.807, 2.05) is 6.07 Å². The Morgan fingerprint density at radius 2 is 1.89 bits per heavy atom. The lowest BCUT2D eigenvalue weighted by atomic mass is 9.97. The van der Waals surface area contributed by atoms with Gasteiger partial charge in [0.2, 0.25) is 5.91 Å². The molecule has 0 aromatic heterocycles. The number of methoxy groups -OCH3 is 1. The van der Waals surface area contributed by atoms with E-state index in [1.165, 1.54) is 16.7 Å². The van der Waals surface area contributed by atoms with Crippen molar-refractivity contribution in [2.45, 2.75) is 37.8 Å². The summed E-state index contributed by atoms with van der Waals surface area (Å²) in [6.07, 6.45) is 3.99. The molecule has 1 amide bonds. The molecule has 1 N–H and O–H groups in total. The van der Waals surface area contributed by atoms with Gasteiger partial charge in [-0.3, -0.25) is 9.52 Å². The molecule has 2 aromatic carbocycles. The maximum Gasteiger partial charge on any atom is 0.225 e. The highest BCUT2D eigenvalue weighted by Gasteiger charge is 2.42. The van der Waals surface area contributed by atoms with Crippen molar-refractivity contribution in [1.82, 2.24) is 9.62 Å². The molecule has 148 valence electrons. The van der Waals surface area contributed by atoms with Crippen LogP contribution in [0.2, 0.25) is 0 Å². The van der Waals surface area contributed by atoms with E-state index in [9.17, 15) is 4.79 Å². The first-order valence-electron chi connectivity index (χ1n) is 10.1. The van der Waals surface area contributed by atoms with Gasteiger partial charge in [0.15, 0.2) is 0 Å². The summed E-state index contributed by atoms with van der Waals surface area (Å²) < 4.78 is 8.70. The van der Waals surface area contributed by atoms with Crippen molar-refractivity contribution in [1.29, 1.82) is 0 Å². The van der Waals surface area contributed by atoms with Crippen LogP contribution in [-0.4, -0.2) is 42.5 Å². The van der Waals surface area contributed by atoms with Gasteiger partial charge < -0.3 is 9.64 Å². The summed E-state index contributed by atoms with van der Waals surface area (Å²) >= 11 is 1.59. The van der Waals surface area contributed by atoms with Crippen molar-refractivity contribution in [2.75, 3.05) is 19.6 Å². The first-order valence-corrected chi connectivity index (χ1v) is 11.1. The number of nitrogens with one attached hydrogen (secondary N) is 1. The highest BCUT2D eigenvalue weighted by molar-refractivity contribution is 7.97. The minimum atomic E-state index is 0.198. The number of hydrogen-bond donors (Lipinski definition) is 1. The van der Waals surface area contributed by atoms with Crippen LogP contribution >= 0.6 is 11.9 Å². The Labute approximate surface area is 171 Å². The zero-order valence-corrected chi connectivity index (χ0v) is 17.2. The molecule has 1 saturated heterocycles. The first-order chi connectivity index (χ1) is 13.8. The van der Waals surface area contributed by atoms with E-state index < -0.39 is 0 Å². The summed E-state index contributed by atoms with van der Waals surface area (Å²) in [5.41, 5.74) is 3.74. The van der Waals surface area contributed by atoms with Gasteiger partial charge in [-0.05, 0) is 42.4 Å². The minimum absolute atomic E-state index is 0.198. The van der Waals surface area contributed by atoms with Gasteiger partial charge in [-0.25, -0.2) is 0 Å². The maximum atomic E-state index is 12.8. The molecule has 2 aliphatic rings. The second-order valence-corrected chi connectivity index (χ2v) is 8.47. The zero-order valence-electron chi connectivity index (χ0n) is 16.3. The van der Waals surface area contributed by atoms with Crippen LogP contribution in [0.25, 0.3) is 11.1 Å². The molecule has 2 aromatic rings. The van der Waals surface area contributed by atoms with E-state index in [0.717, 1.165) is 32.2 Å². The molecule has 0 bridgehead atoms. The lowest BCUT2D eigenvalue weighted by Gasteiger charge is -2.29. The molecule has 28 heavy (non-hydrogen) atoms. The van der Waals surface area contributed by atoms with Crippen molar-refractivity contribution in [2.24, 2.45) is 5.92 Å². The van der Waals surface area contributed by atoms with Gasteiger partial charge in [-0.1, -0.05) is 66.5 Å². The summed E-state index contributed by atoms with van der Waals surface area (Å²) in [5.74, 6) is 1.23. The van der Waals surface area contributed by atoms with Crippen LogP contribution in [0.3, 0.4) is 0 Å². The van der Waals surface area contributed by atoms with Crippen LogP contribution in [0.5, 0.6) is 0 Å². The van der Waals surface area contributed by atoms with Crippen LogP contribution in [-0.2, 0) is 16.0 Å². The number of carbonyl (C=O) groups excluding carboxylic acids is 1. The predicted molar refractivity (Wildman–Crippen MR) is 115 cm³/mol. The maximum absolute atomic E-state index is 12.8. The number of carbonyl (C=O) groups is 1. The van der Waals surface area contributed by atoms with E-state index in [1.54, 1.807) is 19.1 Å². The van der Waals surface area contributed by atoms with Crippen molar-refractivity contribution in [3.05, 3.63) is 60.2 Å². The summed E-state index contributed by atoms with van der Waals surface area (Å²) in [6.45, 7) is 0.851. The molecular formula is C23H28N2O2S. The Morgan fingerprint density at radius 3 is 2.64 bits per heavy atom. The van der Waals surface area contributed by atoms with E-state index in [2.05, 4.69) is 58.2 Å². The molecule has 1 heterocycles. The van der Waals surface area contributed by atoms with Crippen molar-refractivity contribution >= 4 is 17.9 Å². The van der Waals surface area contributed by atoms with Gasteiger partial charge in [0.05, 0.1) is 6.04 Å². The average molecular weight is 397 g/mol. The van der Waals surface area contributed by atoms with E-state index in [-0.39, 0.29) is 12.0 Å². The lowest BCUT2D eigenvalue weighted by molar-refractivity contribution is -0.133. The smallest absolute Gasteiger partial charge is 0.225 e. The SMILES string of the molecule is COCSNC1CCN(C(=O)C2CC2)C1Cc1cccc(-c2ccccc2)c1. The molecule has 0 radical (unpaired) electrons. The van der Waals surface area contributed by atoms with Crippen molar-refractivity contribution in [3.63, 3.8) is 0 Å². The highest BCUT2D eigenvalue weighted by atomic mass is 32.2. The molecule has 2 fully saturated rings. The predicted octanol–water partition coefficient (Wildman–Crippen LogP) is 4.12. The molecule has 1 saturated carbocycles. The normalized spacial score (nSPS) is 21.8. The quantitative estimate of drug-likeness (QED) is 0.414.